The molecule has 1 N–H and O–H groups in total. The second-order valence-corrected chi connectivity index (χ2v) is 7.30. The molecule has 2 amide bonds. The standard InChI is InChI=1S/C21H26N6O2/c1-16-22-12-18(29-16)13-23-21(28)27-11-10-26(14-17-6-4-3-5-7-17)20(15-27)19-8-9-24-25(19)2/h3-9,12,20H,10-11,13-15H2,1-2H3,(H,23,28). The monoisotopic (exact) mass is 394 g/mol. The van der Waals surface area contributed by atoms with Crippen LogP contribution in [0.15, 0.2) is 53.2 Å². The molecular weight excluding hydrogens is 368 g/mol. The number of hydrogen-bond donors (Lipinski definition) is 1. The minimum atomic E-state index is -0.0921. The van der Waals surface area contributed by atoms with Gasteiger partial charge in [0.15, 0.2) is 5.89 Å². The van der Waals surface area contributed by atoms with Crippen molar-refractivity contribution in [2.45, 2.75) is 26.1 Å². The molecule has 0 radical (unpaired) electrons. The zero-order valence-corrected chi connectivity index (χ0v) is 16.8. The number of piperazine rings is 1. The third-order valence-electron chi connectivity index (χ3n) is 5.29. The molecule has 2 aromatic heterocycles. The lowest BCUT2D eigenvalue weighted by molar-refractivity contribution is 0.0791. The predicted molar refractivity (Wildman–Crippen MR) is 108 cm³/mol. The van der Waals surface area contributed by atoms with E-state index in [0.717, 1.165) is 18.8 Å². The van der Waals surface area contributed by atoms with Crippen molar-refractivity contribution in [2.75, 3.05) is 19.6 Å². The molecule has 152 valence electrons. The van der Waals surface area contributed by atoms with Gasteiger partial charge in [-0.05, 0) is 11.6 Å². The van der Waals surface area contributed by atoms with Gasteiger partial charge in [-0.3, -0.25) is 9.58 Å². The van der Waals surface area contributed by atoms with Crippen LogP contribution in [0.2, 0.25) is 0 Å². The third-order valence-corrected chi connectivity index (χ3v) is 5.29. The number of oxazole rings is 1. The molecule has 0 bridgehead atoms. The van der Waals surface area contributed by atoms with Crippen molar-refractivity contribution in [1.29, 1.82) is 0 Å². The Kier molecular flexibility index (Phi) is 5.62. The van der Waals surface area contributed by atoms with Crippen molar-refractivity contribution in [2.24, 2.45) is 7.05 Å². The van der Waals surface area contributed by atoms with Gasteiger partial charge in [0.05, 0.1) is 24.5 Å². The second kappa shape index (κ2) is 8.48. The number of aromatic nitrogens is 3. The van der Waals surface area contributed by atoms with Gasteiger partial charge in [-0.25, -0.2) is 9.78 Å². The predicted octanol–water partition coefficient (Wildman–Crippen LogP) is 2.49. The Labute approximate surface area is 170 Å². The molecule has 29 heavy (non-hydrogen) atoms. The van der Waals surface area contributed by atoms with E-state index in [1.807, 2.05) is 28.8 Å². The fourth-order valence-electron chi connectivity index (χ4n) is 3.77. The van der Waals surface area contributed by atoms with Gasteiger partial charge in [0.1, 0.15) is 5.76 Å². The van der Waals surface area contributed by atoms with E-state index in [9.17, 15) is 4.79 Å². The van der Waals surface area contributed by atoms with Gasteiger partial charge in [0.2, 0.25) is 0 Å². The van der Waals surface area contributed by atoms with E-state index < -0.39 is 0 Å². The molecule has 0 saturated carbocycles. The fourth-order valence-corrected chi connectivity index (χ4v) is 3.77. The highest BCUT2D eigenvalue weighted by atomic mass is 16.4. The summed E-state index contributed by atoms with van der Waals surface area (Å²) >= 11 is 0. The Morgan fingerprint density at radius 3 is 2.76 bits per heavy atom. The minimum absolute atomic E-state index is 0.0785. The van der Waals surface area contributed by atoms with E-state index in [-0.39, 0.29) is 12.1 Å². The first-order valence-corrected chi connectivity index (χ1v) is 9.80. The summed E-state index contributed by atoms with van der Waals surface area (Å²) in [6.07, 6.45) is 3.45. The summed E-state index contributed by atoms with van der Waals surface area (Å²) in [6, 6.07) is 12.4. The van der Waals surface area contributed by atoms with E-state index in [1.54, 1.807) is 19.3 Å². The third kappa shape index (κ3) is 4.48. The average Bonchev–Trinajstić information content (AvgIpc) is 3.35. The van der Waals surface area contributed by atoms with Gasteiger partial charge in [-0.15, -0.1) is 0 Å². The van der Waals surface area contributed by atoms with Crippen LogP contribution in [0.25, 0.3) is 0 Å². The van der Waals surface area contributed by atoms with Gasteiger partial charge < -0.3 is 14.6 Å². The summed E-state index contributed by atoms with van der Waals surface area (Å²) in [5, 5.41) is 7.27. The van der Waals surface area contributed by atoms with E-state index in [4.69, 9.17) is 4.42 Å². The van der Waals surface area contributed by atoms with Crippen LogP contribution < -0.4 is 5.32 Å². The molecular formula is C21H26N6O2. The van der Waals surface area contributed by atoms with Crippen LogP contribution in [0, 0.1) is 6.92 Å². The smallest absolute Gasteiger partial charge is 0.317 e. The van der Waals surface area contributed by atoms with Crippen molar-refractivity contribution in [3.05, 3.63) is 71.7 Å². The largest absolute Gasteiger partial charge is 0.444 e. The van der Waals surface area contributed by atoms with Crippen LogP contribution in [-0.2, 0) is 20.1 Å². The molecule has 1 fully saturated rings. The van der Waals surface area contributed by atoms with E-state index in [0.29, 0.717) is 31.3 Å². The SMILES string of the molecule is Cc1ncc(CNC(=O)N2CCN(Cc3ccccc3)C(c3ccnn3C)C2)o1. The Hall–Kier alpha value is -3.13. The zero-order chi connectivity index (χ0) is 20.2. The minimum Gasteiger partial charge on any atom is -0.444 e. The van der Waals surface area contributed by atoms with E-state index in [2.05, 4.69) is 44.6 Å². The van der Waals surface area contributed by atoms with Crippen LogP contribution in [0.1, 0.15) is 29.0 Å². The van der Waals surface area contributed by atoms with Crippen LogP contribution in [-0.4, -0.2) is 50.2 Å². The normalized spacial score (nSPS) is 17.4. The molecule has 3 aromatic rings. The maximum absolute atomic E-state index is 12.8. The molecule has 1 aromatic carbocycles. The second-order valence-electron chi connectivity index (χ2n) is 7.30. The van der Waals surface area contributed by atoms with Gasteiger partial charge >= 0.3 is 6.03 Å². The number of rotatable bonds is 5. The van der Waals surface area contributed by atoms with E-state index in [1.165, 1.54) is 5.56 Å². The molecule has 0 aliphatic carbocycles. The maximum Gasteiger partial charge on any atom is 0.317 e. The highest BCUT2D eigenvalue weighted by Crippen LogP contribution is 2.27. The van der Waals surface area contributed by atoms with Gasteiger partial charge in [0.25, 0.3) is 0 Å². The highest BCUT2D eigenvalue weighted by Gasteiger charge is 2.32. The lowest BCUT2D eigenvalue weighted by Gasteiger charge is -2.41. The maximum atomic E-state index is 12.8. The molecule has 1 aliphatic rings. The lowest BCUT2D eigenvalue weighted by Crippen LogP contribution is -2.53. The van der Waals surface area contributed by atoms with Crippen molar-refractivity contribution in [1.82, 2.24) is 29.9 Å². The number of benzene rings is 1. The fraction of sp³-hybridized carbons (Fsp3) is 0.381. The molecule has 1 atom stereocenters. The summed E-state index contributed by atoms with van der Waals surface area (Å²) in [4.78, 5) is 21.1. The molecule has 1 aliphatic heterocycles. The number of nitrogens with zero attached hydrogens (tertiary/aromatic N) is 5. The molecule has 1 saturated heterocycles. The van der Waals surface area contributed by atoms with Crippen LogP contribution in [0.3, 0.4) is 0 Å². The highest BCUT2D eigenvalue weighted by molar-refractivity contribution is 5.74. The number of carbonyl (C=O) groups is 1. The quantitative estimate of drug-likeness (QED) is 0.719. The molecule has 8 heteroatoms. The van der Waals surface area contributed by atoms with Crippen molar-refractivity contribution < 1.29 is 9.21 Å². The van der Waals surface area contributed by atoms with Gasteiger partial charge in [-0.2, -0.15) is 5.10 Å². The number of urea groups is 1. The number of nitrogens with one attached hydrogen (secondary N) is 1. The molecule has 1 unspecified atom stereocenters. The topological polar surface area (TPSA) is 79.4 Å². The van der Waals surface area contributed by atoms with Crippen molar-refractivity contribution >= 4 is 6.03 Å². The Morgan fingerprint density at radius 1 is 1.24 bits per heavy atom. The number of carbonyl (C=O) groups excluding carboxylic acids is 1. The summed E-state index contributed by atoms with van der Waals surface area (Å²) < 4.78 is 7.33. The number of amides is 2. The van der Waals surface area contributed by atoms with Crippen molar-refractivity contribution in [3.63, 3.8) is 0 Å². The average molecular weight is 394 g/mol. The summed E-state index contributed by atoms with van der Waals surface area (Å²) in [6.45, 7) is 5.02. The number of hydrogen-bond acceptors (Lipinski definition) is 5. The van der Waals surface area contributed by atoms with Gasteiger partial charge in [0, 0.05) is 46.3 Å². The molecule has 8 nitrogen and oxygen atoms in total. The zero-order valence-electron chi connectivity index (χ0n) is 16.8. The summed E-state index contributed by atoms with van der Waals surface area (Å²) in [7, 11) is 1.95. The van der Waals surface area contributed by atoms with E-state index >= 15 is 0 Å². The lowest BCUT2D eigenvalue weighted by atomic mass is 10.1. The molecule has 3 heterocycles. The molecule has 4 rings (SSSR count). The first-order valence-electron chi connectivity index (χ1n) is 9.80. The summed E-state index contributed by atoms with van der Waals surface area (Å²) in [5.41, 5.74) is 2.36. The Morgan fingerprint density at radius 2 is 2.07 bits per heavy atom. The number of aryl methyl sites for hydroxylation is 2. The van der Waals surface area contributed by atoms with Crippen LogP contribution >= 0.6 is 0 Å². The molecule has 0 spiro atoms. The summed E-state index contributed by atoms with van der Waals surface area (Å²) in [5.74, 6) is 1.25. The van der Waals surface area contributed by atoms with Crippen LogP contribution in [0.4, 0.5) is 4.79 Å². The first-order chi connectivity index (χ1) is 14.1. The van der Waals surface area contributed by atoms with Crippen molar-refractivity contribution in [3.8, 4) is 0 Å². The Bertz CT molecular complexity index is 951. The Balaban J connectivity index is 1.45. The van der Waals surface area contributed by atoms with Gasteiger partial charge in [-0.1, -0.05) is 30.3 Å². The first kappa shape index (κ1) is 19.2. The van der Waals surface area contributed by atoms with Crippen LogP contribution in [0.5, 0.6) is 0 Å².